The molecule has 0 N–H and O–H groups in total. The van der Waals surface area contributed by atoms with E-state index in [0.717, 1.165) is 17.8 Å². The predicted molar refractivity (Wildman–Crippen MR) is 78.3 cm³/mol. The Labute approximate surface area is 120 Å². The van der Waals surface area contributed by atoms with Crippen LogP contribution in [0.2, 0.25) is 0 Å². The normalized spacial score (nSPS) is 21.4. The molecular formula is C14H22N2O3S. The Morgan fingerprint density at radius 3 is 2.90 bits per heavy atom. The molecule has 20 heavy (non-hydrogen) atoms. The molecule has 1 aliphatic heterocycles. The number of pyridine rings is 1. The number of aryl methyl sites for hydroxylation is 1. The zero-order chi connectivity index (χ0) is 14.6. The summed E-state index contributed by atoms with van der Waals surface area (Å²) in [6.07, 6.45) is 2.49. The second-order valence-electron chi connectivity index (χ2n) is 5.29. The van der Waals surface area contributed by atoms with Gasteiger partial charge in [0, 0.05) is 32.4 Å². The minimum atomic E-state index is -2.87. The summed E-state index contributed by atoms with van der Waals surface area (Å²) in [7, 11) is -1.21. The topological polar surface area (TPSA) is 59.5 Å². The van der Waals surface area contributed by atoms with Crippen LogP contribution >= 0.6 is 0 Å². The molecule has 1 aromatic heterocycles. The van der Waals surface area contributed by atoms with E-state index in [4.69, 9.17) is 4.74 Å². The van der Waals surface area contributed by atoms with Crippen LogP contribution in [0, 0.1) is 6.92 Å². The van der Waals surface area contributed by atoms with Crippen molar-refractivity contribution in [3.8, 4) is 0 Å². The van der Waals surface area contributed by atoms with Crippen LogP contribution in [0.3, 0.4) is 0 Å². The molecule has 1 atom stereocenters. The second-order valence-corrected chi connectivity index (χ2v) is 7.52. The highest BCUT2D eigenvalue weighted by Crippen LogP contribution is 2.20. The van der Waals surface area contributed by atoms with Crippen LogP contribution in [0.1, 0.15) is 17.7 Å². The molecule has 0 saturated carbocycles. The van der Waals surface area contributed by atoms with Crippen LogP contribution < -0.4 is 0 Å². The fourth-order valence-corrected chi connectivity index (χ4v) is 4.30. The van der Waals surface area contributed by atoms with E-state index in [2.05, 4.69) is 9.88 Å². The van der Waals surface area contributed by atoms with Crippen LogP contribution in [-0.4, -0.2) is 56.1 Å². The number of sulfone groups is 1. The van der Waals surface area contributed by atoms with Crippen LogP contribution in [0.15, 0.2) is 18.3 Å². The first-order chi connectivity index (χ1) is 9.52. The quantitative estimate of drug-likeness (QED) is 0.785. The molecule has 2 rings (SSSR count). The molecule has 0 radical (unpaired) electrons. The molecular weight excluding hydrogens is 276 g/mol. The molecule has 0 amide bonds. The summed E-state index contributed by atoms with van der Waals surface area (Å²) < 4.78 is 28.5. The lowest BCUT2D eigenvalue weighted by molar-refractivity contribution is 0.120. The molecule has 1 aromatic rings. The van der Waals surface area contributed by atoms with E-state index in [1.165, 1.54) is 0 Å². The SMILES string of the molecule is COCCN(Cc1ncccc1C)C1CCS(=O)(=O)C1. The van der Waals surface area contributed by atoms with Gasteiger partial charge in [-0.25, -0.2) is 8.42 Å². The van der Waals surface area contributed by atoms with Gasteiger partial charge in [-0.05, 0) is 25.0 Å². The van der Waals surface area contributed by atoms with Gasteiger partial charge in [0.25, 0.3) is 0 Å². The van der Waals surface area contributed by atoms with Gasteiger partial charge >= 0.3 is 0 Å². The standard InChI is InChI=1S/C14H22N2O3S/c1-12-4-3-6-15-14(12)10-16(7-8-19-2)13-5-9-20(17,18)11-13/h3-4,6,13H,5,7-11H2,1-2H3. The second kappa shape index (κ2) is 6.65. The third kappa shape index (κ3) is 4.01. The van der Waals surface area contributed by atoms with Crippen LogP contribution in [-0.2, 0) is 21.1 Å². The van der Waals surface area contributed by atoms with E-state index in [9.17, 15) is 8.42 Å². The Morgan fingerprint density at radius 2 is 2.30 bits per heavy atom. The fourth-order valence-electron chi connectivity index (χ4n) is 2.54. The fraction of sp³-hybridized carbons (Fsp3) is 0.643. The molecule has 0 bridgehead atoms. The van der Waals surface area contributed by atoms with E-state index in [1.54, 1.807) is 13.3 Å². The van der Waals surface area contributed by atoms with Gasteiger partial charge in [-0.1, -0.05) is 6.07 Å². The van der Waals surface area contributed by atoms with Crippen molar-refractivity contribution in [1.82, 2.24) is 9.88 Å². The number of hydrogen-bond acceptors (Lipinski definition) is 5. The average molecular weight is 298 g/mol. The Hall–Kier alpha value is -0.980. The maximum absolute atomic E-state index is 11.7. The molecule has 1 aliphatic rings. The van der Waals surface area contributed by atoms with Crippen LogP contribution in [0.5, 0.6) is 0 Å². The number of rotatable bonds is 6. The highest BCUT2D eigenvalue weighted by atomic mass is 32.2. The summed E-state index contributed by atoms with van der Waals surface area (Å²) in [5.41, 5.74) is 2.14. The van der Waals surface area contributed by atoms with Gasteiger partial charge in [0.2, 0.25) is 0 Å². The maximum Gasteiger partial charge on any atom is 0.151 e. The van der Waals surface area contributed by atoms with Crippen molar-refractivity contribution in [2.45, 2.75) is 25.9 Å². The van der Waals surface area contributed by atoms with Crippen molar-refractivity contribution in [2.75, 3.05) is 31.8 Å². The molecule has 112 valence electrons. The van der Waals surface area contributed by atoms with E-state index < -0.39 is 9.84 Å². The van der Waals surface area contributed by atoms with Gasteiger partial charge in [-0.3, -0.25) is 9.88 Å². The summed E-state index contributed by atoms with van der Waals surface area (Å²) in [6.45, 7) is 4.04. The predicted octanol–water partition coefficient (Wildman–Crippen LogP) is 1.03. The smallest absolute Gasteiger partial charge is 0.151 e. The van der Waals surface area contributed by atoms with Crippen molar-refractivity contribution in [1.29, 1.82) is 0 Å². The third-order valence-corrected chi connectivity index (χ3v) is 5.53. The molecule has 0 aromatic carbocycles. The minimum absolute atomic E-state index is 0.0801. The van der Waals surface area contributed by atoms with Gasteiger partial charge < -0.3 is 4.74 Å². The summed E-state index contributed by atoms with van der Waals surface area (Å²) in [4.78, 5) is 6.59. The number of methoxy groups -OCH3 is 1. The van der Waals surface area contributed by atoms with Crippen LogP contribution in [0.25, 0.3) is 0 Å². The highest BCUT2D eigenvalue weighted by molar-refractivity contribution is 7.91. The molecule has 5 nitrogen and oxygen atoms in total. The first-order valence-corrected chi connectivity index (χ1v) is 8.68. The Kier molecular flexibility index (Phi) is 5.12. The summed E-state index contributed by atoms with van der Waals surface area (Å²) in [5, 5.41) is 0. The summed E-state index contributed by atoms with van der Waals surface area (Å²) in [6, 6.07) is 4.03. The van der Waals surface area contributed by atoms with Crippen LogP contribution in [0.4, 0.5) is 0 Å². The number of ether oxygens (including phenoxy) is 1. The molecule has 6 heteroatoms. The monoisotopic (exact) mass is 298 g/mol. The molecule has 0 spiro atoms. The van der Waals surface area contributed by atoms with Gasteiger partial charge in [0.15, 0.2) is 9.84 Å². The largest absolute Gasteiger partial charge is 0.383 e. The van der Waals surface area contributed by atoms with Crippen molar-refractivity contribution in [2.24, 2.45) is 0 Å². The Morgan fingerprint density at radius 1 is 1.50 bits per heavy atom. The lowest BCUT2D eigenvalue weighted by Gasteiger charge is -2.27. The minimum Gasteiger partial charge on any atom is -0.383 e. The zero-order valence-electron chi connectivity index (χ0n) is 12.1. The lowest BCUT2D eigenvalue weighted by Crippen LogP contribution is -2.38. The Balaban J connectivity index is 2.10. The number of hydrogen-bond donors (Lipinski definition) is 0. The first-order valence-electron chi connectivity index (χ1n) is 6.86. The molecule has 1 saturated heterocycles. The molecule has 1 fully saturated rings. The van der Waals surface area contributed by atoms with Gasteiger partial charge in [-0.2, -0.15) is 0 Å². The van der Waals surface area contributed by atoms with Crippen molar-refractivity contribution < 1.29 is 13.2 Å². The Bertz CT molecular complexity index is 545. The maximum atomic E-state index is 11.7. The van der Waals surface area contributed by atoms with Crippen molar-refractivity contribution in [3.05, 3.63) is 29.6 Å². The summed E-state index contributed by atoms with van der Waals surface area (Å²) in [5.74, 6) is 0.547. The lowest BCUT2D eigenvalue weighted by atomic mass is 10.1. The zero-order valence-corrected chi connectivity index (χ0v) is 12.9. The molecule has 0 aliphatic carbocycles. The first kappa shape index (κ1) is 15.4. The number of nitrogens with zero attached hydrogens (tertiary/aromatic N) is 2. The average Bonchev–Trinajstić information content (AvgIpc) is 2.77. The number of aromatic nitrogens is 1. The van der Waals surface area contributed by atoms with E-state index in [-0.39, 0.29) is 11.8 Å². The van der Waals surface area contributed by atoms with Gasteiger partial charge in [-0.15, -0.1) is 0 Å². The van der Waals surface area contributed by atoms with Crippen molar-refractivity contribution in [3.63, 3.8) is 0 Å². The van der Waals surface area contributed by atoms with Gasteiger partial charge in [0.05, 0.1) is 23.8 Å². The van der Waals surface area contributed by atoms with Crippen molar-refractivity contribution >= 4 is 9.84 Å². The molecule has 2 heterocycles. The van der Waals surface area contributed by atoms with E-state index >= 15 is 0 Å². The van der Waals surface area contributed by atoms with E-state index in [0.29, 0.717) is 25.3 Å². The molecule has 1 unspecified atom stereocenters. The summed E-state index contributed by atoms with van der Waals surface area (Å²) >= 11 is 0. The van der Waals surface area contributed by atoms with Gasteiger partial charge in [0.1, 0.15) is 0 Å². The highest BCUT2D eigenvalue weighted by Gasteiger charge is 2.32. The third-order valence-electron chi connectivity index (χ3n) is 3.78. The van der Waals surface area contributed by atoms with E-state index in [1.807, 2.05) is 19.1 Å².